The Balaban J connectivity index is 1.60. The fraction of sp³-hybridized carbons (Fsp3) is 0.167. The zero-order valence-corrected chi connectivity index (χ0v) is 13.2. The van der Waals surface area contributed by atoms with Crippen LogP contribution in [0.2, 0.25) is 0 Å². The van der Waals surface area contributed by atoms with Crippen LogP contribution in [0.1, 0.15) is 23.1 Å². The van der Waals surface area contributed by atoms with Gasteiger partial charge in [-0.1, -0.05) is 23.4 Å². The first-order valence-corrected chi connectivity index (χ1v) is 7.65. The molecule has 3 rings (SSSR count). The molecule has 0 unspecified atom stereocenters. The number of benzene rings is 2. The lowest BCUT2D eigenvalue weighted by atomic mass is 10.2. The van der Waals surface area contributed by atoms with Gasteiger partial charge in [0.2, 0.25) is 0 Å². The number of esters is 1. The highest BCUT2D eigenvalue weighted by molar-refractivity contribution is 5.89. The van der Waals surface area contributed by atoms with E-state index in [1.807, 2.05) is 42.5 Å². The molecule has 0 amide bonds. The van der Waals surface area contributed by atoms with E-state index in [9.17, 15) is 4.79 Å². The van der Waals surface area contributed by atoms with Crippen LogP contribution in [-0.2, 0) is 11.3 Å². The standard InChI is InChI=1S/C18H17N3O3/c1-2-23-18(22)14-8-10-15(11-9-14)19-12-16-20-17(24-21-16)13-6-4-3-5-7-13/h3-11,19H,2,12H2,1H3. The third-order valence-electron chi connectivity index (χ3n) is 3.34. The largest absolute Gasteiger partial charge is 0.462 e. The topological polar surface area (TPSA) is 77.2 Å². The van der Waals surface area contributed by atoms with Crippen molar-refractivity contribution in [1.29, 1.82) is 0 Å². The molecule has 0 atom stereocenters. The first-order valence-electron chi connectivity index (χ1n) is 7.65. The summed E-state index contributed by atoms with van der Waals surface area (Å²) in [5.41, 5.74) is 2.26. The molecule has 24 heavy (non-hydrogen) atoms. The summed E-state index contributed by atoms with van der Waals surface area (Å²) < 4.78 is 10.2. The van der Waals surface area contributed by atoms with E-state index in [1.165, 1.54) is 0 Å². The maximum absolute atomic E-state index is 11.6. The number of rotatable bonds is 6. The van der Waals surface area contributed by atoms with Crippen molar-refractivity contribution in [3.8, 4) is 11.5 Å². The Labute approximate surface area is 139 Å². The molecule has 1 aromatic heterocycles. The second-order valence-corrected chi connectivity index (χ2v) is 5.03. The van der Waals surface area contributed by atoms with Crippen LogP contribution in [0.4, 0.5) is 5.69 Å². The second kappa shape index (κ2) is 7.41. The Morgan fingerprint density at radius 1 is 1.12 bits per heavy atom. The monoisotopic (exact) mass is 323 g/mol. The minimum absolute atomic E-state index is 0.324. The first-order chi connectivity index (χ1) is 11.8. The number of ether oxygens (including phenoxy) is 1. The van der Waals surface area contributed by atoms with Gasteiger partial charge in [-0.05, 0) is 43.3 Å². The van der Waals surface area contributed by atoms with Gasteiger partial charge in [-0.3, -0.25) is 0 Å². The molecule has 2 aromatic carbocycles. The van der Waals surface area contributed by atoms with Crippen LogP contribution in [0.3, 0.4) is 0 Å². The van der Waals surface area contributed by atoms with Gasteiger partial charge in [-0.15, -0.1) is 0 Å². The lowest BCUT2D eigenvalue weighted by Gasteiger charge is -2.05. The lowest BCUT2D eigenvalue weighted by molar-refractivity contribution is 0.0526. The molecule has 0 saturated carbocycles. The number of carbonyl (C=O) groups excluding carboxylic acids is 1. The molecule has 6 nitrogen and oxygen atoms in total. The summed E-state index contributed by atoms with van der Waals surface area (Å²) in [7, 11) is 0. The van der Waals surface area contributed by atoms with E-state index in [-0.39, 0.29) is 5.97 Å². The van der Waals surface area contributed by atoms with Crippen LogP contribution in [-0.4, -0.2) is 22.7 Å². The maximum Gasteiger partial charge on any atom is 0.338 e. The highest BCUT2D eigenvalue weighted by Gasteiger charge is 2.09. The van der Waals surface area contributed by atoms with Gasteiger partial charge >= 0.3 is 5.97 Å². The fourth-order valence-electron chi connectivity index (χ4n) is 2.14. The van der Waals surface area contributed by atoms with E-state index in [0.717, 1.165) is 11.3 Å². The quantitative estimate of drug-likeness (QED) is 0.699. The van der Waals surface area contributed by atoms with Crippen molar-refractivity contribution in [2.24, 2.45) is 0 Å². The van der Waals surface area contributed by atoms with Crippen molar-refractivity contribution in [3.05, 3.63) is 66.0 Å². The van der Waals surface area contributed by atoms with Gasteiger partial charge in [-0.2, -0.15) is 4.98 Å². The summed E-state index contributed by atoms with van der Waals surface area (Å²) >= 11 is 0. The smallest absolute Gasteiger partial charge is 0.338 e. The van der Waals surface area contributed by atoms with Gasteiger partial charge in [0.1, 0.15) is 0 Å². The van der Waals surface area contributed by atoms with Crippen molar-refractivity contribution in [2.75, 3.05) is 11.9 Å². The Hall–Kier alpha value is -3.15. The Morgan fingerprint density at radius 2 is 1.88 bits per heavy atom. The Bertz CT molecular complexity index is 798. The van der Waals surface area contributed by atoms with Crippen molar-refractivity contribution < 1.29 is 14.1 Å². The van der Waals surface area contributed by atoms with Crippen LogP contribution < -0.4 is 5.32 Å². The third kappa shape index (κ3) is 3.78. The number of carbonyl (C=O) groups is 1. The van der Waals surface area contributed by atoms with E-state index in [2.05, 4.69) is 15.5 Å². The van der Waals surface area contributed by atoms with Gasteiger partial charge in [0.05, 0.1) is 18.7 Å². The van der Waals surface area contributed by atoms with E-state index >= 15 is 0 Å². The van der Waals surface area contributed by atoms with Crippen molar-refractivity contribution in [2.45, 2.75) is 13.5 Å². The van der Waals surface area contributed by atoms with Crippen molar-refractivity contribution in [3.63, 3.8) is 0 Å². The molecule has 0 bridgehead atoms. The molecule has 0 saturated heterocycles. The zero-order chi connectivity index (χ0) is 16.8. The van der Waals surface area contributed by atoms with E-state index in [4.69, 9.17) is 9.26 Å². The molecule has 1 N–H and O–H groups in total. The second-order valence-electron chi connectivity index (χ2n) is 5.03. The molecule has 0 radical (unpaired) electrons. The molecule has 0 aliphatic heterocycles. The van der Waals surface area contributed by atoms with Crippen LogP contribution in [0, 0.1) is 0 Å². The van der Waals surface area contributed by atoms with Gasteiger partial charge in [0.25, 0.3) is 5.89 Å². The van der Waals surface area contributed by atoms with E-state index in [0.29, 0.717) is 30.4 Å². The summed E-state index contributed by atoms with van der Waals surface area (Å²) in [5, 5.41) is 7.14. The number of nitrogens with zero attached hydrogens (tertiary/aromatic N) is 2. The molecule has 0 aliphatic carbocycles. The van der Waals surface area contributed by atoms with Gasteiger partial charge in [0.15, 0.2) is 5.82 Å². The molecular formula is C18H17N3O3. The number of anilines is 1. The SMILES string of the molecule is CCOC(=O)c1ccc(NCc2noc(-c3ccccc3)n2)cc1. The average molecular weight is 323 g/mol. The van der Waals surface area contributed by atoms with Crippen LogP contribution >= 0.6 is 0 Å². The van der Waals surface area contributed by atoms with Crippen LogP contribution in [0.5, 0.6) is 0 Å². The molecule has 3 aromatic rings. The molecule has 1 heterocycles. The highest BCUT2D eigenvalue weighted by Crippen LogP contribution is 2.17. The zero-order valence-electron chi connectivity index (χ0n) is 13.2. The molecule has 0 fully saturated rings. The van der Waals surface area contributed by atoms with E-state index < -0.39 is 0 Å². The summed E-state index contributed by atoms with van der Waals surface area (Å²) in [4.78, 5) is 15.9. The van der Waals surface area contributed by atoms with Crippen LogP contribution in [0.25, 0.3) is 11.5 Å². The third-order valence-corrected chi connectivity index (χ3v) is 3.34. The normalized spacial score (nSPS) is 10.4. The predicted molar refractivity (Wildman–Crippen MR) is 89.5 cm³/mol. The van der Waals surface area contributed by atoms with Gasteiger partial charge in [0, 0.05) is 11.3 Å². The average Bonchev–Trinajstić information content (AvgIpc) is 3.10. The molecular weight excluding hydrogens is 306 g/mol. The first kappa shape index (κ1) is 15.7. The number of aromatic nitrogens is 2. The number of nitrogens with one attached hydrogen (secondary N) is 1. The minimum Gasteiger partial charge on any atom is -0.462 e. The summed E-state index contributed by atoms with van der Waals surface area (Å²) in [6.45, 7) is 2.57. The Morgan fingerprint density at radius 3 is 2.58 bits per heavy atom. The predicted octanol–water partition coefficient (Wildman–Crippen LogP) is 3.53. The Kier molecular flexibility index (Phi) is 4.86. The fourth-order valence-corrected chi connectivity index (χ4v) is 2.14. The lowest BCUT2D eigenvalue weighted by Crippen LogP contribution is -2.05. The highest BCUT2D eigenvalue weighted by atomic mass is 16.5. The van der Waals surface area contributed by atoms with Crippen LogP contribution in [0.15, 0.2) is 59.1 Å². The van der Waals surface area contributed by atoms with Crippen molar-refractivity contribution in [1.82, 2.24) is 10.1 Å². The molecule has 122 valence electrons. The maximum atomic E-state index is 11.6. The molecule has 0 aliphatic rings. The number of hydrogen-bond donors (Lipinski definition) is 1. The molecule has 0 spiro atoms. The molecule has 6 heteroatoms. The van der Waals surface area contributed by atoms with Crippen molar-refractivity contribution >= 4 is 11.7 Å². The van der Waals surface area contributed by atoms with E-state index in [1.54, 1.807) is 19.1 Å². The summed E-state index contributed by atoms with van der Waals surface area (Å²) in [6.07, 6.45) is 0. The summed E-state index contributed by atoms with van der Waals surface area (Å²) in [6, 6.07) is 16.7. The van der Waals surface area contributed by atoms with Gasteiger partial charge in [-0.25, -0.2) is 4.79 Å². The summed E-state index contributed by atoms with van der Waals surface area (Å²) in [5.74, 6) is 0.725. The minimum atomic E-state index is -0.324. The van der Waals surface area contributed by atoms with Gasteiger partial charge < -0.3 is 14.6 Å². The number of hydrogen-bond acceptors (Lipinski definition) is 6.